The topological polar surface area (TPSA) is 142 Å². The maximum atomic E-state index is 13.1. The van der Waals surface area contributed by atoms with Crippen molar-refractivity contribution in [3.8, 4) is 0 Å². The van der Waals surface area contributed by atoms with Crippen LogP contribution in [0.15, 0.2) is 30.3 Å². The average Bonchev–Trinajstić information content (AvgIpc) is 3.30. The average molecular weight is 475 g/mol. The summed E-state index contributed by atoms with van der Waals surface area (Å²) < 4.78 is 0. The van der Waals surface area contributed by atoms with E-state index in [1.165, 1.54) is 4.90 Å². The van der Waals surface area contributed by atoms with Crippen molar-refractivity contribution in [3.63, 3.8) is 0 Å². The monoisotopic (exact) mass is 474 g/mol. The van der Waals surface area contributed by atoms with Gasteiger partial charge in [0, 0.05) is 13.0 Å². The van der Waals surface area contributed by atoms with Crippen LogP contribution in [0.2, 0.25) is 0 Å². The van der Waals surface area contributed by atoms with Crippen LogP contribution in [0, 0.1) is 11.8 Å². The highest BCUT2D eigenvalue weighted by Crippen LogP contribution is 2.21. The molecule has 1 heterocycles. The summed E-state index contributed by atoms with van der Waals surface area (Å²) in [5.74, 6) is -2.71. The third-order valence-electron chi connectivity index (χ3n) is 6.52. The van der Waals surface area contributed by atoms with Crippen molar-refractivity contribution in [2.24, 2.45) is 17.6 Å². The Labute approximate surface area is 201 Å². The van der Waals surface area contributed by atoms with Crippen molar-refractivity contribution in [2.75, 3.05) is 6.54 Å². The summed E-state index contributed by atoms with van der Waals surface area (Å²) >= 11 is 0. The fourth-order valence-corrected chi connectivity index (χ4v) is 4.09. The molecule has 9 heteroatoms. The molecular weight excluding hydrogens is 436 g/mol. The maximum absolute atomic E-state index is 13.1. The minimum absolute atomic E-state index is 0.0106. The first-order chi connectivity index (χ1) is 16.1. The summed E-state index contributed by atoms with van der Waals surface area (Å²) in [4.78, 5) is 52.3. The number of carbonyl (C=O) groups is 4. The molecule has 5 N–H and O–H groups in total. The molecule has 188 valence electrons. The van der Waals surface area contributed by atoms with E-state index in [9.17, 15) is 24.3 Å². The Morgan fingerprint density at radius 1 is 1.12 bits per heavy atom. The highest BCUT2D eigenvalue weighted by molar-refractivity contribution is 5.94. The van der Waals surface area contributed by atoms with Crippen molar-refractivity contribution in [1.29, 1.82) is 0 Å². The fraction of sp³-hybridized carbons (Fsp3) is 0.600. The lowest BCUT2D eigenvalue weighted by molar-refractivity contribution is -0.143. The van der Waals surface area contributed by atoms with Gasteiger partial charge in [0.05, 0.1) is 6.04 Å². The highest BCUT2D eigenvalue weighted by atomic mass is 16.4. The second-order valence-corrected chi connectivity index (χ2v) is 9.42. The van der Waals surface area contributed by atoms with E-state index in [-0.39, 0.29) is 24.2 Å². The van der Waals surface area contributed by atoms with Crippen molar-refractivity contribution in [1.82, 2.24) is 15.5 Å². The number of nitrogens with one attached hydrogen (secondary N) is 2. The fourth-order valence-electron chi connectivity index (χ4n) is 4.09. The summed E-state index contributed by atoms with van der Waals surface area (Å²) in [7, 11) is 0. The van der Waals surface area contributed by atoms with Crippen LogP contribution in [0.3, 0.4) is 0 Å². The minimum atomic E-state index is -1.15. The highest BCUT2D eigenvalue weighted by Gasteiger charge is 2.39. The van der Waals surface area contributed by atoms with E-state index in [2.05, 4.69) is 10.6 Å². The first-order valence-electron chi connectivity index (χ1n) is 12.0. The minimum Gasteiger partial charge on any atom is -0.480 e. The van der Waals surface area contributed by atoms with E-state index in [0.29, 0.717) is 19.4 Å². The summed E-state index contributed by atoms with van der Waals surface area (Å²) in [6, 6.07) is 5.56. The molecule has 0 aromatic heterocycles. The van der Waals surface area contributed by atoms with Crippen LogP contribution in [0.1, 0.15) is 52.5 Å². The first kappa shape index (κ1) is 27.3. The largest absolute Gasteiger partial charge is 0.480 e. The molecule has 5 unspecified atom stereocenters. The van der Waals surface area contributed by atoms with Crippen LogP contribution in [0.4, 0.5) is 0 Å². The van der Waals surface area contributed by atoms with Gasteiger partial charge in [-0.2, -0.15) is 0 Å². The number of amides is 3. The number of rotatable bonds is 11. The summed E-state index contributed by atoms with van der Waals surface area (Å²) in [5, 5.41) is 14.9. The molecular formula is C25H38N4O5. The van der Waals surface area contributed by atoms with Gasteiger partial charge in [-0.05, 0) is 30.2 Å². The van der Waals surface area contributed by atoms with Crippen LogP contribution in [-0.2, 0) is 25.6 Å². The number of carboxylic acid groups (broad SMARTS) is 1. The summed E-state index contributed by atoms with van der Waals surface area (Å²) in [6.07, 6.45) is 2.04. The summed E-state index contributed by atoms with van der Waals surface area (Å²) in [5.41, 5.74) is 6.89. The molecule has 1 saturated heterocycles. The number of carbonyl (C=O) groups excluding carboxylic acids is 3. The van der Waals surface area contributed by atoms with E-state index in [4.69, 9.17) is 5.73 Å². The number of nitrogens with zero attached hydrogens (tertiary/aromatic N) is 1. The molecule has 1 aromatic carbocycles. The number of likely N-dealkylation sites (tertiary alicyclic amines) is 1. The normalized spacial score (nSPS) is 19.2. The zero-order chi connectivity index (χ0) is 25.4. The van der Waals surface area contributed by atoms with Gasteiger partial charge >= 0.3 is 5.97 Å². The second-order valence-electron chi connectivity index (χ2n) is 9.42. The number of carboxylic acids is 1. The third-order valence-corrected chi connectivity index (χ3v) is 6.52. The quantitative estimate of drug-likeness (QED) is 0.381. The molecule has 0 aliphatic carbocycles. The first-order valence-corrected chi connectivity index (χ1v) is 12.0. The maximum Gasteiger partial charge on any atom is 0.326 e. The number of hydrogen-bond acceptors (Lipinski definition) is 5. The van der Waals surface area contributed by atoms with E-state index in [1.54, 1.807) is 38.1 Å². The van der Waals surface area contributed by atoms with Gasteiger partial charge in [-0.25, -0.2) is 4.79 Å². The van der Waals surface area contributed by atoms with Crippen molar-refractivity contribution in [2.45, 2.75) is 77.5 Å². The van der Waals surface area contributed by atoms with E-state index in [0.717, 1.165) is 12.0 Å². The van der Waals surface area contributed by atoms with Gasteiger partial charge in [0.1, 0.15) is 18.1 Å². The standard InChI is InChI=1S/C25H38N4O5/c1-5-16(4)20(26)24(32)29-13-9-12-19(29)22(30)28-21(15(2)3)23(31)27-18(25(33)34)14-17-10-7-6-8-11-17/h6-8,10-11,15-16,18-21H,5,9,12-14,26H2,1-4H3,(H,27,31)(H,28,30)(H,33,34). The Hall–Kier alpha value is -2.94. The zero-order valence-electron chi connectivity index (χ0n) is 20.5. The number of hydrogen-bond donors (Lipinski definition) is 4. The lowest BCUT2D eigenvalue weighted by Gasteiger charge is -2.31. The predicted molar refractivity (Wildman–Crippen MR) is 129 cm³/mol. The summed E-state index contributed by atoms with van der Waals surface area (Å²) in [6.45, 7) is 7.85. The molecule has 9 nitrogen and oxygen atoms in total. The molecule has 34 heavy (non-hydrogen) atoms. The molecule has 1 fully saturated rings. The van der Waals surface area contributed by atoms with Gasteiger partial charge in [0.15, 0.2) is 0 Å². The molecule has 0 saturated carbocycles. The van der Waals surface area contributed by atoms with Crippen molar-refractivity contribution >= 4 is 23.7 Å². The van der Waals surface area contributed by atoms with Crippen LogP contribution in [-0.4, -0.2) is 64.4 Å². The molecule has 2 rings (SSSR count). The molecule has 3 amide bonds. The number of nitrogens with two attached hydrogens (primary N) is 1. The Bertz CT molecular complexity index is 860. The third kappa shape index (κ3) is 7.03. The van der Waals surface area contributed by atoms with Crippen molar-refractivity contribution < 1.29 is 24.3 Å². The lowest BCUT2D eigenvalue weighted by Crippen LogP contribution is -2.58. The molecule has 1 aromatic rings. The van der Waals surface area contributed by atoms with Gasteiger partial charge in [0.25, 0.3) is 0 Å². The van der Waals surface area contributed by atoms with Crippen molar-refractivity contribution in [3.05, 3.63) is 35.9 Å². The van der Waals surface area contributed by atoms with Crippen LogP contribution >= 0.6 is 0 Å². The molecule has 1 aliphatic heterocycles. The van der Waals surface area contributed by atoms with Gasteiger partial charge < -0.3 is 26.4 Å². The number of aliphatic carboxylic acids is 1. The molecule has 0 bridgehead atoms. The number of benzene rings is 1. The van der Waals surface area contributed by atoms with Gasteiger partial charge in [0.2, 0.25) is 17.7 Å². The van der Waals surface area contributed by atoms with Crippen LogP contribution < -0.4 is 16.4 Å². The van der Waals surface area contributed by atoms with Gasteiger partial charge in [-0.1, -0.05) is 64.4 Å². The molecule has 0 radical (unpaired) electrons. The Balaban J connectivity index is 2.09. The SMILES string of the molecule is CCC(C)C(N)C(=O)N1CCCC1C(=O)NC(C(=O)NC(Cc1ccccc1)C(=O)O)C(C)C. The van der Waals surface area contributed by atoms with Crippen LogP contribution in [0.25, 0.3) is 0 Å². The van der Waals surface area contributed by atoms with Crippen LogP contribution in [0.5, 0.6) is 0 Å². The Morgan fingerprint density at radius 2 is 1.76 bits per heavy atom. The van der Waals surface area contributed by atoms with E-state index >= 15 is 0 Å². The van der Waals surface area contributed by atoms with Gasteiger partial charge in [-0.15, -0.1) is 0 Å². The smallest absolute Gasteiger partial charge is 0.326 e. The zero-order valence-corrected chi connectivity index (χ0v) is 20.5. The van der Waals surface area contributed by atoms with Gasteiger partial charge in [-0.3, -0.25) is 14.4 Å². The van der Waals surface area contributed by atoms with E-state index < -0.39 is 42.0 Å². The second kappa shape index (κ2) is 12.5. The predicted octanol–water partition coefficient (Wildman–Crippen LogP) is 1.30. The molecule has 1 aliphatic rings. The lowest BCUT2D eigenvalue weighted by atomic mass is 9.98. The molecule has 5 atom stereocenters. The van der Waals surface area contributed by atoms with E-state index in [1.807, 2.05) is 19.9 Å². The Kier molecular flexibility index (Phi) is 10.0. The Morgan fingerprint density at radius 3 is 2.32 bits per heavy atom. The molecule has 0 spiro atoms.